The molecular formula is C16H19N3O2. The predicted molar refractivity (Wildman–Crippen MR) is 82.4 cm³/mol. The highest BCUT2D eigenvalue weighted by atomic mass is 16.5. The van der Waals surface area contributed by atoms with E-state index in [0.29, 0.717) is 0 Å². The van der Waals surface area contributed by atoms with Gasteiger partial charge in [0, 0.05) is 24.1 Å². The lowest BCUT2D eigenvalue weighted by Crippen LogP contribution is -2.29. The Morgan fingerprint density at radius 1 is 1.24 bits per heavy atom. The molecule has 0 spiro atoms. The first-order chi connectivity index (χ1) is 10.3. The maximum atomic E-state index is 11.8. The van der Waals surface area contributed by atoms with Crippen molar-refractivity contribution in [1.82, 2.24) is 10.3 Å². The lowest BCUT2D eigenvalue weighted by Gasteiger charge is -2.08. The predicted octanol–water partition coefficient (Wildman–Crippen LogP) is 1.86. The number of pyridine rings is 1. The number of rotatable bonds is 7. The van der Waals surface area contributed by atoms with Gasteiger partial charge in [0.1, 0.15) is 5.75 Å². The van der Waals surface area contributed by atoms with E-state index in [9.17, 15) is 4.79 Å². The van der Waals surface area contributed by atoms with E-state index in [2.05, 4.69) is 15.6 Å². The molecule has 2 rings (SSSR count). The first kappa shape index (κ1) is 15.0. The molecule has 0 aliphatic carbocycles. The van der Waals surface area contributed by atoms with Crippen molar-refractivity contribution in [3.8, 4) is 5.75 Å². The Morgan fingerprint density at radius 2 is 2.05 bits per heavy atom. The van der Waals surface area contributed by atoms with Crippen LogP contribution in [0, 0.1) is 0 Å². The minimum Gasteiger partial charge on any atom is -0.497 e. The van der Waals surface area contributed by atoms with Gasteiger partial charge in [0.2, 0.25) is 5.91 Å². The van der Waals surface area contributed by atoms with Crippen molar-refractivity contribution in [2.75, 3.05) is 25.5 Å². The highest BCUT2D eigenvalue weighted by Gasteiger charge is 2.02. The molecular weight excluding hydrogens is 266 g/mol. The summed E-state index contributed by atoms with van der Waals surface area (Å²) in [5.41, 5.74) is 1.93. The molecule has 0 unspecified atom stereocenters. The average Bonchev–Trinajstić information content (AvgIpc) is 2.53. The minimum atomic E-state index is -0.0713. The molecule has 0 aliphatic heterocycles. The number of methoxy groups -OCH3 is 1. The summed E-state index contributed by atoms with van der Waals surface area (Å²) in [6, 6.07) is 11.2. The molecule has 1 aromatic heterocycles. The zero-order valence-corrected chi connectivity index (χ0v) is 12.0. The SMILES string of the molecule is COc1cccc(NC(=O)CNCCc2ccncc2)c1. The molecule has 0 saturated heterocycles. The molecule has 1 amide bonds. The quantitative estimate of drug-likeness (QED) is 0.762. The fraction of sp³-hybridized carbons (Fsp3) is 0.250. The number of nitrogens with zero attached hydrogens (tertiary/aromatic N) is 1. The number of amides is 1. The van der Waals surface area contributed by atoms with E-state index >= 15 is 0 Å². The number of hydrogen-bond donors (Lipinski definition) is 2. The number of carbonyl (C=O) groups excluding carboxylic acids is 1. The van der Waals surface area contributed by atoms with E-state index in [0.717, 1.165) is 24.4 Å². The maximum Gasteiger partial charge on any atom is 0.238 e. The normalized spacial score (nSPS) is 10.1. The first-order valence-electron chi connectivity index (χ1n) is 6.81. The summed E-state index contributed by atoms with van der Waals surface area (Å²) in [6.07, 6.45) is 4.41. The van der Waals surface area contributed by atoms with Crippen LogP contribution in [-0.2, 0) is 11.2 Å². The second-order valence-electron chi connectivity index (χ2n) is 4.56. The molecule has 0 fully saturated rings. The summed E-state index contributed by atoms with van der Waals surface area (Å²) >= 11 is 0. The summed E-state index contributed by atoms with van der Waals surface area (Å²) in [4.78, 5) is 15.8. The third-order valence-corrected chi connectivity index (χ3v) is 2.98. The lowest BCUT2D eigenvalue weighted by atomic mass is 10.2. The highest BCUT2D eigenvalue weighted by Crippen LogP contribution is 2.16. The van der Waals surface area contributed by atoms with Crippen LogP contribution in [0.4, 0.5) is 5.69 Å². The van der Waals surface area contributed by atoms with Gasteiger partial charge in [-0.1, -0.05) is 6.07 Å². The smallest absolute Gasteiger partial charge is 0.238 e. The number of benzene rings is 1. The lowest BCUT2D eigenvalue weighted by molar-refractivity contribution is -0.115. The zero-order chi connectivity index (χ0) is 14.9. The van der Waals surface area contributed by atoms with Crippen molar-refractivity contribution < 1.29 is 9.53 Å². The van der Waals surface area contributed by atoms with Crippen molar-refractivity contribution >= 4 is 11.6 Å². The van der Waals surface area contributed by atoms with Gasteiger partial charge in [-0.2, -0.15) is 0 Å². The first-order valence-corrected chi connectivity index (χ1v) is 6.81. The zero-order valence-electron chi connectivity index (χ0n) is 12.0. The second kappa shape index (κ2) is 8.01. The number of hydrogen-bond acceptors (Lipinski definition) is 4. The standard InChI is InChI=1S/C16H19N3O2/c1-21-15-4-2-3-14(11-15)19-16(20)12-18-10-7-13-5-8-17-9-6-13/h2-6,8-9,11,18H,7,10,12H2,1H3,(H,19,20). The summed E-state index contributed by atoms with van der Waals surface area (Å²) in [7, 11) is 1.60. The van der Waals surface area contributed by atoms with Crippen LogP contribution < -0.4 is 15.4 Å². The number of aromatic nitrogens is 1. The van der Waals surface area contributed by atoms with E-state index in [-0.39, 0.29) is 12.5 Å². The Bertz CT molecular complexity index is 573. The molecule has 1 aromatic carbocycles. The van der Waals surface area contributed by atoms with Gasteiger partial charge in [0.05, 0.1) is 13.7 Å². The number of carbonyl (C=O) groups is 1. The van der Waals surface area contributed by atoms with Gasteiger partial charge >= 0.3 is 0 Å². The third kappa shape index (κ3) is 5.24. The minimum absolute atomic E-state index is 0.0713. The van der Waals surface area contributed by atoms with Crippen molar-refractivity contribution in [3.63, 3.8) is 0 Å². The molecule has 21 heavy (non-hydrogen) atoms. The molecule has 2 aromatic rings. The van der Waals surface area contributed by atoms with Gasteiger partial charge in [-0.25, -0.2) is 0 Å². The van der Waals surface area contributed by atoms with E-state index in [1.165, 1.54) is 5.56 Å². The summed E-state index contributed by atoms with van der Waals surface area (Å²) < 4.78 is 5.11. The fourth-order valence-electron chi connectivity index (χ4n) is 1.89. The summed E-state index contributed by atoms with van der Waals surface area (Å²) in [6.45, 7) is 1.03. The Labute approximate surface area is 124 Å². The number of nitrogens with one attached hydrogen (secondary N) is 2. The Kier molecular flexibility index (Phi) is 5.72. The number of anilines is 1. The van der Waals surface area contributed by atoms with E-state index < -0.39 is 0 Å². The largest absolute Gasteiger partial charge is 0.497 e. The van der Waals surface area contributed by atoms with Crippen LogP contribution in [0.5, 0.6) is 5.75 Å². The second-order valence-corrected chi connectivity index (χ2v) is 4.56. The van der Waals surface area contributed by atoms with Gasteiger partial charge in [0.25, 0.3) is 0 Å². The highest BCUT2D eigenvalue weighted by molar-refractivity contribution is 5.92. The van der Waals surface area contributed by atoms with Gasteiger partial charge < -0.3 is 15.4 Å². The van der Waals surface area contributed by atoms with E-state index in [1.54, 1.807) is 25.6 Å². The molecule has 0 atom stereocenters. The molecule has 0 aliphatic rings. The monoisotopic (exact) mass is 285 g/mol. The Balaban J connectivity index is 1.70. The van der Waals surface area contributed by atoms with Crippen LogP contribution in [0.2, 0.25) is 0 Å². The fourth-order valence-corrected chi connectivity index (χ4v) is 1.89. The van der Waals surface area contributed by atoms with E-state index in [1.807, 2.05) is 30.3 Å². The van der Waals surface area contributed by atoms with Gasteiger partial charge in [0.15, 0.2) is 0 Å². The van der Waals surface area contributed by atoms with Crippen molar-refractivity contribution in [2.24, 2.45) is 0 Å². The molecule has 5 heteroatoms. The van der Waals surface area contributed by atoms with Gasteiger partial charge in [-0.05, 0) is 42.8 Å². The molecule has 1 heterocycles. The topological polar surface area (TPSA) is 63.2 Å². The molecule has 0 saturated carbocycles. The number of ether oxygens (including phenoxy) is 1. The Morgan fingerprint density at radius 3 is 2.81 bits per heavy atom. The maximum absolute atomic E-state index is 11.8. The van der Waals surface area contributed by atoms with Crippen LogP contribution in [-0.4, -0.2) is 31.1 Å². The van der Waals surface area contributed by atoms with Crippen LogP contribution in [0.3, 0.4) is 0 Å². The molecule has 5 nitrogen and oxygen atoms in total. The van der Waals surface area contributed by atoms with Crippen LogP contribution in [0.15, 0.2) is 48.8 Å². The Hall–Kier alpha value is -2.40. The molecule has 2 N–H and O–H groups in total. The molecule has 110 valence electrons. The van der Waals surface area contributed by atoms with Gasteiger partial charge in [-0.15, -0.1) is 0 Å². The third-order valence-electron chi connectivity index (χ3n) is 2.98. The van der Waals surface area contributed by atoms with Gasteiger partial charge in [-0.3, -0.25) is 9.78 Å². The summed E-state index contributed by atoms with van der Waals surface area (Å²) in [5.74, 6) is 0.649. The van der Waals surface area contributed by atoms with Crippen LogP contribution in [0.25, 0.3) is 0 Å². The van der Waals surface area contributed by atoms with Crippen LogP contribution in [0.1, 0.15) is 5.56 Å². The molecule has 0 bridgehead atoms. The van der Waals surface area contributed by atoms with E-state index in [4.69, 9.17) is 4.74 Å². The van der Waals surface area contributed by atoms with Crippen LogP contribution >= 0.6 is 0 Å². The van der Waals surface area contributed by atoms with Crippen molar-refractivity contribution in [2.45, 2.75) is 6.42 Å². The average molecular weight is 285 g/mol. The summed E-state index contributed by atoms with van der Waals surface area (Å²) in [5, 5.41) is 5.94. The van der Waals surface area contributed by atoms with Crippen molar-refractivity contribution in [1.29, 1.82) is 0 Å². The molecule has 0 radical (unpaired) electrons. The van der Waals surface area contributed by atoms with Crippen molar-refractivity contribution in [3.05, 3.63) is 54.4 Å².